The molecule has 0 aromatic rings. The standard InChI is InChI=1S/C40H81NO4/c1-3-5-7-9-11-13-15-16-17-18-19-20-21-22-23-25-27-29-31-33-35-39(44)41-37(36-42)40(45)38(43)34-32-30-28-26-24-14-12-10-8-6-4-2/h37-38,40,42-43,45H,3-36H2,1-2H3,(H,41,44)/t37-,38+,40-/m0/s1. The number of aliphatic hydroxyl groups excluding tert-OH is 3. The van der Waals surface area contributed by atoms with Crippen LogP contribution < -0.4 is 5.32 Å². The minimum absolute atomic E-state index is 0.141. The van der Waals surface area contributed by atoms with Crippen molar-refractivity contribution in [1.82, 2.24) is 5.32 Å². The maximum absolute atomic E-state index is 12.4. The summed E-state index contributed by atoms with van der Waals surface area (Å²) in [5, 5.41) is 33.4. The highest BCUT2D eigenvalue weighted by atomic mass is 16.3. The molecule has 0 aliphatic rings. The second-order valence-corrected chi connectivity index (χ2v) is 14.2. The smallest absolute Gasteiger partial charge is 0.220 e. The van der Waals surface area contributed by atoms with Gasteiger partial charge in [0.25, 0.3) is 0 Å². The normalized spacial score (nSPS) is 13.6. The van der Waals surface area contributed by atoms with Crippen LogP contribution in [0.4, 0.5) is 0 Å². The monoisotopic (exact) mass is 640 g/mol. The minimum Gasteiger partial charge on any atom is -0.394 e. The zero-order chi connectivity index (χ0) is 33.1. The van der Waals surface area contributed by atoms with Gasteiger partial charge in [-0.2, -0.15) is 0 Å². The van der Waals surface area contributed by atoms with Crippen molar-refractivity contribution < 1.29 is 20.1 Å². The van der Waals surface area contributed by atoms with Gasteiger partial charge in [-0.25, -0.2) is 0 Å². The van der Waals surface area contributed by atoms with Crippen molar-refractivity contribution in [3.05, 3.63) is 0 Å². The molecule has 0 saturated carbocycles. The summed E-state index contributed by atoms with van der Waals surface area (Å²) in [6.45, 7) is 4.18. The third-order valence-corrected chi connectivity index (χ3v) is 9.71. The maximum atomic E-state index is 12.4. The second kappa shape index (κ2) is 36.2. The molecular formula is C40H81NO4. The van der Waals surface area contributed by atoms with E-state index < -0.39 is 18.2 Å². The van der Waals surface area contributed by atoms with Crippen molar-refractivity contribution in [2.45, 2.75) is 244 Å². The fraction of sp³-hybridized carbons (Fsp3) is 0.975. The Bertz CT molecular complexity index is 587. The maximum Gasteiger partial charge on any atom is 0.220 e. The average molecular weight is 640 g/mol. The van der Waals surface area contributed by atoms with Crippen molar-refractivity contribution in [3.8, 4) is 0 Å². The predicted molar refractivity (Wildman–Crippen MR) is 195 cm³/mol. The SMILES string of the molecule is CCCCCCCCCCCCCCCCCCCCCCC(=O)N[C@@H](CO)[C@H](O)[C@H](O)CCCCCCCCCCCCC. The molecule has 0 rings (SSSR count). The minimum atomic E-state index is -1.13. The number of carbonyl (C=O) groups excluding carboxylic acids is 1. The van der Waals surface area contributed by atoms with Crippen molar-refractivity contribution >= 4 is 5.91 Å². The van der Waals surface area contributed by atoms with Crippen molar-refractivity contribution in [3.63, 3.8) is 0 Å². The molecule has 0 fully saturated rings. The van der Waals surface area contributed by atoms with Crippen LogP contribution in [0.5, 0.6) is 0 Å². The molecule has 0 bridgehead atoms. The van der Waals surface area contributed by atoms with Gasteiger partial charge in [-0.05, 0) is 12.8 Å². The van der Waals surface area contributed by atoms with Crippen LogP contribution in [0.25, 0.3) is 0 Å². The van der Waals surface area contributed by atoms with E-state index in [2.05, 4.69) is 19.2 Å². The van der Waals surface area contributed by atoms with Gasteiger partial charge in [-0.3, -0.25) is 4.79 Å². The van der Waals surface area contributed by atoms with Crippen LogP contribution in [-0.2, 0) is 4.79 Å². The number of rotatable bonds is 37. The van der Waals surface area contributed by atoms with Gasteiger partial charge >= 0.3 is 0 Å². The molecule has 45 heavy (non-hydrogen) atoms. The third kappa shape index (κ3) is 31.7. The van der Waals surface area contributed by atoms with Gasteiger partial charge in [-0.15, -0.1) is 0 Å². The van der Waals surface area contributed by atoms with E-state index in [1.165, 1.54) is 161 Å². The van der Waals surface area contributed by atoms with Crippen LogP contribution in [0.3, 0.4) is 0 Å². The summed E-state index contributed by atoms with van der Waals surface area (Å²) in [5.74, 6) is -0.141. The lowest BCUT2D eigenvalue weighted by molar-refractivity contribution is -0.124. The van der Waals surface area contributed by atoms with Crippen LogP contribution in [0, 0.1) is 0 Å². The van der Waals surface area contributed by atoms with E-state index in [4.69, 9.17) is 0 Å². The lowest BCUT2D eigenvalue weighted by Crippen LogP contribution is -2.50. The fourth-order valence-electron chi connectivity index (χ4n) is 6.52. The molecule has 0 aliphatic heterocycles. The van der Waals surface area contributed by atoms with Crippen LogP contribution >= 0.6 is 0 Å². The highest BCUT2D eigenvalue weighted by Crippen LogP contribution is 2.16. The van der Waals surface area contributed by atoms with E-state index in [0.717, 1.165) is 38.5 Å². The Morgan fingerprint density at radius 1 is 0.467 bits per heavy atom. The Balaban J connectivity index is 3.57. The van der Waals surface area contributed by atoms with Gasteiger partial charge in [0.1, 0.15) is 6.10 Å². The molecule has 3 atom stereocenters. The first kappa shape index (κ1) is 44.4. The summed E-state index contributed by atoms with van der Waals surface area (Å²) in [6, 6.07) is -0.801. The Kier molecular flexibility index (Phi) is 35.7. The van der Waals surface area contributed by atoms with Crippen LogP contribution in [-0.4, -0.2) is 46.1 Å². The zero-order valence-corrected chi connectivity index (χ0v) is 30.5. The van der Waals surface area contributed by atoms with Crippen molar-refractivity contribution in [2.75, 3.05) is 6.61 Å². The van der Waals surface area contributed by atoms with E-state index in [9.17, 15) is 20.1 Å². The Hall–Kier alpha value is -0.650. The van der Waals surface area contributed by atoms with E-state index in [0.29, 0.717) is 12.8 Å². The first-order valence-electron chi connectivity index (χ1n) is 20.3. The molecule has 0 radical (unpaired) electrons. The van der Waals surface area contributed by atoms with Crippen molar-refractivity contribution in [1.29, 1.82) is 0 Å². The number of hydrogen-bond acceptors (Lipinski definition) is 4. The summed E-state index contributed by atoms with van der Waals surface area (Å²) in [6.07, 6.45) is 39.2. The predicted octanol–water partition coefficient (Wildman–Crippen LogP) is 11.1. The summed E-state index contributed by atoms with van der Waals surface area (Å²) in [4.78, 5) is 12.4. The molecule has 5 nitrogen and oxygen atoms in total. The molecule has 0 aliphatic carbocycles. The molecule has 4 N–H and O–H groups in total. The highest BCUT2D eigenvalue weighted by Gasteiger charge is 2.26. The van der Waals surface area contributed by atoms with E-state index in [-0.39, 0.29) is 12.5 Å². The number of carbonyl (C=O) groups is 1. The van der Waals surface area contributed by atoms with Crippen LogP contribution in [0.15, 0.2) is 0 Å². The topological polar surface area (TPSA) is 89.8 Å². The summed E-state index contributed by atoms with van der Waals surface area (Å²) in [7, 11) is 0. The third-order valence-electron chi connectivity index (χ3n) is 9.71. The number of amides is 1. The molecule has 0 aromatic carbocycles. The van der Waals surface area contributed by atoms with Gasteiger partial charge in [-0.1, -0.05) is 206 Å². The second-order valence-electron chi connectivity index (χ2n) is 14.2. The molecule has 0 saturated heterocycles. The Morgan fingerprint density at radius 3 is 1.07 bits per heavy atom. The number of hydrogen-bond donors (Lipinski definition) is 4. The van der Waals surface area contributed by atoms with Gasteiger partial charge in [0.05, 0.1) is 18.8 Å². The summed E-state index contributed by atoms with van der Waals surface area (Å²) < 4.78 is 0. The summed E-state index contributed by atoms with van der Waals surface area (Å²) in [5.41, 5.74) is 0. The molecule has 0 unspecified atom stereocenters. The van der Waals surface area contributed by atoms with Gasteiger partial charge in [0.2, 0.25) is 5.91 Å². The van der Waals surface area contributed by atoms with Crippen LogP contribution in [0.2, 0.25) is 0 Å². The fourth-order valence-corrected chi connectivity index (χ4v) is 6.52. The molecule has 1 amide bonds. The highest BCUT2D eigenvalue weighted by molar-refractivity contribution is 5.76. The van der Waals surface area contributed by atoms with E-state index in [1.54, 1.807) is 0 Å². The zero-order valence-electron chi connectivity index (χ0n) is 30.5. The molecule has 0 aromatic heterocycles. The van der Waals surface area contributed by atoms with E-state index in [1.807, 2.05) is 0 Å². The first-order chi connectivity index (χ1) is 22.1. The van der Waals surface area contributed by atoms with Crippen LogP contribution in [0.1, 0.15) is 226 Å². The molecule has 270 valence electrons. The molecule has 0 spiro atoms. The number of aliphatic hydroxyl groups is 3. The lowest BCUT2D eigenvalue weighted by atomic mass is 9.99. The largest absolute Gasteiger partial charge is 0.394 e. The Morgan fingerprint density at radius 2 is 0.756 bits per heavy atom. The molecule has 5 heteroatoms. The molecule has 0 heterocycles. The number of nitrogens with one attached hydrogen (secondary N) is 1. The van der Waals surface area contributed by atoms with Gasteiger partial charge in [0, 0.05) is 6.42 Å². The van der Waals surface area contributed by atoms with Gasteiger partial charge in [0.15, 0.2) is 0 Å². The van der Waals surface area contributed by atoms with Crippen molar-refractivity contribution in [2.24, 2.45) is 0 Å². The quantitative estimate of drug-likeness (QED) is 0.0509. The number of unbranched alkanes of at least 4 members (excludes halogenated alkanes) is 29. The lowest BCUT2D eigenvalue weighted by Gasteiger charge is -2.26. The van der Waals surface area contributed by atoms with E-state index >= 15 is 0 Å². The Labute approximate surface area is 281 Å². The summed E-state index contributed by atoms with van der Waals surface area (Å²) >= 11 is 0. The molecular weight excluding hydrogens is 558 g/mol. The first-order valence-corrected chi connectivity index (χ1v) is 20.3. The van der Waals surface area contributed by atoms with Gasteiger partial charge < -0.3 is 20.6 Å². The average Bonchev–Trinajstić information content (AvgIpc) is 3.04.